The Balaban J connectivity index is 2.13. The molecule has 0 unspecified atom stereocenters. The molecule has 0 amide bonds. The molecule has 0 spiro atoms. The van der Waals surface area contributed by atoms with Gasteiger partial charge in [-0.05, 0) is 30.3 Å². The molecule has 0 aliphatic carbocycles. The van der Waals surface area contributed by atoms with Crippen LogP contribution < -0.4 is 10.2 Å². The summed E-state index contributed by atoms with van der Waals surface area (Å²) in [6.07, 6.45) is 1.50. The van der Waals surface area contributed by atoms with Crippen LogP contribution in [-0.4, -0.2) is 18.4 Å². The molecule has 0 heterocycles. The van der Waals surface area contributed by atoms with Crippen molar-refractivity contribution in [2.75, 3.05) is 12.5 Å². The quantitative estimate of drug-likeness (QED) is 0.664. The Labute approximate surface area is 116 Å². The van der Waals surface area contributed by atoms with E-state index < -0.39 is 0 Å². The number of phenolic OH excluding ortho intramolecular Hbond substituents is 1. The van der Waals surface area contributed by atoms with Crippen LogP contribution in [0.2, 0.25) is 5.02 Å². The van der Waals surface area contributed by atoms with Gasteiger partial charge in [-0.2, -0.15) is 5.10 Å². The molecule has 0 fully saturated rings. The van der Waals surface area contributed by atoms with Crippen LogP contribution in [0.15, 0.2) is 47.6 Å². The molecular weight excluding hydrogens is 264 g/mol. The molecule has 98 valence electrons. The zero-order chi connectivity index (χ0) is 13.7. The van der Waals surface area contributed by atoms with E-state index in [0.29, 0.717) is 22.0 Å². The van der Waals surface area contributed by atoms with E-state index in [1.807, 2.05) is 18.2 Å². The predicted octanol–water partition coefficient (Wildman–Crippen LogP) is 3.50. The van der Waals surface area contributed by atoms with Gasteiger partial charge in [-0.25, -0.2) is 0 Å². The summed E-state index contributed by atoms with van der Waals surface area (Å²) in [5.74, 6) is 0.780. The molecule has 5 heteroatoms. The Morgan fingerprint density at radius 3 is 2.79 bits per heavy atom. The number of phenols is 1. The van der Waals surface area contributed by atoms with Gasteiger partial charge in [0.2, 0.25) is 0 Å². The first-order valence-electron chi connectivity index (χ1n) is 5.61. The maximum atomic E-state index is 9.68. The topological polar surface area (TPSA) is 53.9 Å². The Bertz CT molecular complexity index is 600. The normalized spacial score (nSPS) is 10.6. The van der Waals surface area contributed by atoms with Crippen molar-refractivity contribution in [2.45, 2.75) is 0 Å². The second kappa shape index (κ2) is 6.11. The number of halogens is 1. The van der Waals surface area contributed by atoms with Crippen molar-refractivity contribution in [3.63, 3.8) is 0 Å². The first-order valence-corrected chi connectivity index (χ1v) is 5.99. The van der Waals surface area contributed by atoms with Crippen LogP contribution in [0.4, 0.5) is 5.69 Å². The third-order valence-corrected chi connectivity index (χ3v) is 2.83. The molecule has 2 N–H and O–H groups in total. The fourth-order valence-electron chi connectivity index (χ4n) is 1.49. The molecule has 0 bridgehead atoms. The minimum Gasteiger partial charge on any atom is -0.507 e. The van der Waals surface area contributed by atoms with Gasteiger partial charge in [0, 0.05) is 5.56 Å². The number of hydrogen-bond donors (Lipinski definition) is 2. The minimum absolute atomic E-state index is 0.130. The van der Waals surface area contributed by atoms with Crippen LogP contribution in [0.25, 0.3) is 0 Å². The van der Waals surface area contributed by atoms with Crippen molar-refractivity contribution < 1.29 is 9.84 Å². The van der Waals surface area contributed by atoms with Crippen molar-refractivity contribution in [1.29, 1.82) is 0 Å². The molecule has 2 aromatic carbocycles. The van der Waals surface area contributed by atoms with Gasteiger partial charge in [0.05, 0.1) is 24.0 Å². The maximum absolute atomic E-state index is 9.68. The van der Waals surface area contributed by atoms with Crippen LogP contribution in [0.3, 0.4) is 0 Å². The van der Waals surface area contributed by atoms with Gasteiger partial charge in [-0.15, -0.1) is 0 Å². The van der Waals surface area contributed by atoms with Crippen molar-refractivity contribution in [3.05, 3.63) is 53.1 Å². The number of nitrogens with zero attached hydrogens (tertiary/aromatic N) is 1. The second-order valence-corrected chi connectivity index (χ2v) is 4.18. The fraction of sp³-hybridized carbons (Fsp3) is 0.0714. The van der Waals surface area contributed by atoms with Gasteiger partial charge in [0.25, 0.3) is 0 Å². The van der Waals surface area contributed by atoms with E-state index in [1.54, 1.807) is 31.4 Å². The van der Waals surface area contributed by atoms with Gasteiger partial charge >= 0.3 is 0 Å². The van der Waals surface area contributed by atoms with Crippen LogP contribution in [0.5, 0.6) is 11.5 Å². The number of methoxy groups -OCH3 is 1. The molecular formula is C14H13ClN2O2. The largest absolute Gasteiger partial charge is 0.507 e. The third kappa shape index (κ3) is 3.39. The third-order valence-electron chi connectivity index (χ3n) is 2.50. The van der Waals surface area contributed by atoms with Crippen molar-refractivity contribution in [2.24, 2.45) is 5.10 Å². The number of hydrogen-bond acceptors (Lipinski definition) is 4. The van der Waals surface area contributed by atoms with Crippen LogP contribution in [0.1, 0.15) is 5.56 Å². The summed E-state index contributed by atoms with van der Waals surface area (Å²) in [5, 5.41) is 14.3. The molecule has 0 radical (unpaired) electrons. The first kappa shape index (κ1) is 13.2. The number of aromatic hydroxyl groups is 1. The van der Waals surface area contributed by atoms with Crippen molar-refractivity contribution in [1.82, 2.24) is 0 Å². The molecule has 0 aromatic heterocycles. The molecule has 2 aromatic rings. The van der Waals surface area contributed by atoms with E-state index in [2.05, 4.69) is 10.5 Å². The molecule has 0 aliphatic heterocycles. The minimum atomic E-state index is 0.130. The lowest BCUT2D eigenvalue weighted by Crippen LogP contribution is -1.92. The molecule has 0 aliphatic rings. The fourth-order valence-corrected chi connectivity index (χ4v) is 1.66. The average Bonchev–Trinajstić information content (AvgIpc) is 2.43. The lowest BCUT2D eigenvalue weighted by Gasteiger charge is -2.04. The number of ether oxygens (including phenoxy) is 1. The molecule has 0 saturated carbocycles. The van der Waals surface area contributed by atoms with Crippen molar-refractivity contribution >= 4 is 23.5 Å². The van der Waals surface area contributed by atoms with Crippen LogP contribution in [0, 0.1) is 0 Å². The van der Waals surface area contributed by atoms with Gasteiger partial charge < -0.3 is 9.84 Å². The highest BCUT2D eigenvalue weighted by molar-refractivity contribution is 6.33. The lowest BCUT2D eigenvalue weighted by atomic mass is 10.2. The number of anilines is 1. The summed E-state index contributed by atoms with van der Waals surface area (Å²) in [7, 11) is 1.56. The van der Waals surface area contributed by atoms with E-state index in [4.69, 9.17) is 16.3 Å². The van der Waals surface area contributed by atoms with E-state index in [-0.39, 0.29) is 5.75 Å². The molecule has 2 rings (SSSR count). The molecule has 0 saturated heterocycles. The smallest absolute Gasteiger partial charge is 0.124 e. The first-order chi connectivity index (χ1) is 9.20. The summed E-state index contributed by atoms with van der Waals surface area (Å²) in [6, 6.07) is 12.2. The SMILES string of the molecule is COc1ccc(O)c(/C=N/Nc2ccccc2Cl)c1. The summed E-state index contributed by atoms with van der Waals surface area (Å²) < 4.78 is 5.08. The maximum Gasteiger partial charge on any atom is 0.124 e. The highest BCUT2D eigenvalue weighted by Crippen LogP contribution is 2.22. The second-order valence-electron chi connectivity index (χ2n) is 3.77. The van der Waals surface area contributed by atoms with Crippen molar-refractivity contribution in [3.8, 4) is 11.5 Å². The number of benzene rings is 2. The Kier molecular flexibility index (Phi) is 4.26. The standard InChI is InChI=1S/C14H13ClN2O2/c1-19-11-6-7-14(18)10(8-11)9-16-17-13-5-3-2-4-12(13)15/h2-9,17-18H,1H3/b16-9+. The van der Waals surface area contributed by atoms with E-state index in [9.17, 15) is 5.11 Å². The summed E-state index contributed by atoms with van der Waals surface area (Å²) in [6.45, 7) is 0. The highest BCUT2D eigenvalue weighted by Gasteiger charge is 2.01. The van der Waals surface area contributed by atoms with Gasteiger partial charge in [0.15, 0.2) is 0 Å². The van der Waals surface area contributed by atoms with Gasteiger partial charge in [0.1, 0.15) is 11.5 Å². The molecule has 0 atom stereocenters. The predicted molar refractivity (Wildman–Crippen MR) is 77.3 cm³/mol. The molecule has 19 heavy (non-hydrogen) atoms. The highest BCUT2D eigenvalue weighted by atomic mass is 35.5. The zero-order valence-electron chi connectivity index (χ0n) is 10.3. The van der Waals surface area contributed by atoms with Gasteiger partial charge in [-0.3, -0.25) is 5.43 Å². The molecule has 4 nitrogen and oxygen atoms in total. The summed E-state index contributed by atoms with van der Waals surface area (Å²) in [4.78, 5) is 0. The monoisotopic (exact) mass is 276 g/mol. The number of nitrogens with one attached hydrogen (secondary N) is 1. The zero-order valence-corrected chi connectivity index (χ0v) is 11.1. The van der Waals surface area contributed by atoms with Gasteiger partial charge in [-0.1, -0.05) is 23.7 Å². The summed E-state index contributed by atoms with van der Waals surface area (Å²) >= 11 is 5.98. The average molecular weight is 277 g/mol. The van der Waals surface area contributed by atoms with E-state index >= 15 is 0 Å². The Morgan fingerprint density at radius 2 is 2.05 bits per heavy atom. The lowest BCUT2D eigenvalue weighted by molar-refractivity contribution is 0.412. The number of para-hydroxylation sites is 1. The summed E-state index contributed by atoms with van der Waals surface area (Å²) in [5.41, 5.74) is 4.06. The number of hydrazone groups is 1. The van der Waals surface area contributed by atoms with E-state index in [0.717, 1.165) is 0 Å². The Hall–Kier alpha value is -2.20. The van der Waals surface area contributed by atoms with Crippen LogP contribution >= 0.6 is 11.6 Å². The van der Waals surface area contributed by atoms with E-state index in [1.165, 1.54) is 6.21 Å². The van der Waals surface area contributed by atoms with Crippen LogP contribution in [-0.2, 0) is 0 Å². The Morgan fingerprint density at radius 1 is 1.26 bits per heavy atom. The number of rotatable bonds is 4.